The van der Waals surface area contributed by atoms with Crippen LogP contribution in [0.3, 0.4) is 0 Å². The van der Waals surface area contributed by atoms with E-state index >= 15 is 0 Å². The Labute approximate surface area is 125 Å². The SMILES string of the molecule is Cc1ccc(CS(=O)(=O)c2ccc3c(c2)CCCN3)cc1. The highest BCUT2D eigenvalue weighted by Crippen LogP contribution is 2.26. The topological polar surface area (TPSA) is 46.2 Å². The summed E-state index contributed by atoms with van der Waals surface area (Å²) >= 11 is 0. The van der Waals surface area contributed by atoms with Gasteiger partial charge in [-0.1, -0.05) is 29.8 Å². The molecule has 110 valence electrons. The number of hydrogen-bond acceptors (Lipinski definition) is 3. The van der Waals surface area contributed by atoms with Crippen LogP contribution >= 0.6 is 0 Å². The monoisotopic (exact) mass is 301 g/mol. The zero-order chi connectivity index (χ0) is 14.9. The number of aryl methyl sites for hydroxylation is 2. The fourth-order valence-corrected chi connectivity index (χ4v) is 4.03. The second kappa shape index (κ2) is 5.53. The van der Waals surface area contributed by atoms with Crippen LogP contribution in [0.15, 0.2) is 47.4 Å². The molecule has 1 heterocycles. The Morgan fingerprint density at radius 2 is 1.86 bits per heavy atom. The van der Waals surface area contributed by atoms with Gasteiger partial charge in [-0.05, 0) is 49.1 Å². The van der Waals surface area contributed by atoms with Gasteiger partial charge in [0.1, 0.15) is 0 Å². The lowest BCUT2D eigenvalue weighted by molar-refractivity contribution is 0.595. The highest BCUT2D eigenvalue weighted by molar-refractivity contribution is 7.90. The van der Waals surface area contributed by atoms with Gasteiger partial charge in [0.15, 0.2) is 9.84 Å². The van der Waals surface area contributed by atoms with Crippen LogP contribution in [-0.4, -0.2) is 15.0 Å². The number of benzene rings is 2. The normalized spacial score (nSPS) is 14.3. The third-order valence-corrected chi connectivity index (χ3v) is 5.54. The molecular weight excluding hydrogens is 282 g/mol. The summed E-state index contributed by atoms with van der Waals surface area (Å²) in [5, 5.41) is 3.30. The predicted octanol–water partition coefficient (Wildman–Crippen LogP) is 3.33. The van der Waals surface area contributed by atoms with E-state index in [0.29, 0.717) is 4.90 Å². The van der Waals surface area contributed by atoms with E-state index in [9.17, 15) is 8.42 Å². The quantitative estimate of drug-likeness (QED) is 0.946. The van der Waals surface area contributed by atoms with Crippen LogP contribution in [0, 0.1) is 6.92 Å². The van der Waals surface area contributed by atoms with E-state index in [1.165, 1.54) is 0 Å². The van der Waals surface area contributed by atoms with Gasteiger partial charge in [0.2, 0.25) is 0 Å². The molecule has 0 saturated carbocycles. The molecule has 2 aromatic rings. The third-order valence-electron chi connectivity index (χ3n) is 3.85. The molecule has 3 nitrogen and oxygen atoms in total. The van der Waals surface area contributed by atoms with Gasteiger partial charge in [0.05, 0.1) is 10.6 Å². The highest BCUT2D eigenvalue weighted by Gasteiger charge is 2.18. The van der Waals surface area contributed by atoms with Crippen LogP contribution in [-0.2, 0) is 22.0 Å². The maximum Gasteiger partial charge on any atom is 0.182 e. The van der Waals surface area contributed by atoms with Gasteiger partial charge in [-0.3, -0.25) is 0 Å². The van der Waals surface area contributed by atoms with Crippen molar-refractivity contribution in [3.63, 3.8) is 0 Å². The lowest BCUT2D eigenvalue weighted by atomic mass is 10.0. The molecule has 0 radical (unpaired) electrons. The largest absolute Gasteiger partial charge is 0.385 e. The minimum absolute atomic E-state index is 0.0551. The van der Waals surface area contributed by atoms with Crippen LogP contribution in [0.5, 0.6) is 0 Å². The van der Waals surface area contributed by atoms with E-state index < -0.39 is 9.84 Å². The van der Waals surface area contributed by atoms with Gasteiger partial charge in [-0.2, -0.15) is 0 Å². The molecule has 0 spiro atoms. The molecule has 0 saturated heterocycles. The number of anilines is 1. The summed E-state index contributed by atoms with van der Waals surface area (Å²) in [4.78, 5) is 0.422. The van der Waals surface area contributed by atoms with E-state index in [4.69, 9.17) is 0 Å². The Morgan fingerprint density at radius 3 is 2.62 bits per heavy atom. The molecule has 4 heteroatoms. The van der Waals surface area contributed by atoms with Crippen molar-refractivity contribution in [2.45, 2.75) is 30.4 Å². The van der Waals surface area contributed by atoms with E-state index in [0.717, 1.165) is 41.8 Å². The van der Waals surface area contributed by atoms with Crippen LogP contribution < -0.4 is 5.32 Å². The average molecular weight is 301 g/mol. The Morgan fingerprint density at radius 1 is 1.10 bits per heavy atom. The summed E-state index contributed by atoms with van der Waals surface area (Å²) in [7, 11) is -3.29. The zero-order valence-electron chi connectivity index (χ0n) is 12.1. The van der Waals surface area contributed by atoms with Crippen molar-refractivity contribution in [1.29, 1.82) is 0 Å². The van der Waals surface area contributed by atoms with Gasteiger partial charge >= 0.3 is 0 Å². The van der Waals surface area contributed by atoms with Crippen molar-refractivity contribution in [3.05, 3.63) is 59.2 Å². The van der Waals surface area contributed by atoms with Crippen LogP contribution in [0.4, 0.5) is 5.69 Å². The Kier molecular flexibility index (Phi) is 3.72. The molecule has 0 aliphatic carbocycles. The van der Waals surface area contributed by atoms with Crippen molar-refractivity contribution in [1.82, 2.24) is 0 Å². The fraction of sp³-hybridized carbons (Fsp3) is 0.294. The summed E-state index contributed by atoms with van der Waals surface area (Å²) in [5.41, 5.74) is 4.13. The van der Waals surface area contributed by atoms with Gasteiger partial charge in [0, 0.05) is 12.2 Å². The average Bonchev–Trinajstić information content (AvgIpc) is 2.49. The van der Waals surface area contributed by atoms with Crippen LogP contribution in [0.1, 0.15) is 23.1 Å². The molecule has 1 N–H and O–H groups in total. The molecular formula is C17H19NO2S. The van der Waals surface area contributed by atoms with E-state index in [1.807, 2.05) is 43.3 Å². The maximum atomic E-state index is 12.6. The first-order valence-corrected chi connectivity index (χ1v) is 8.85. The lowest BCUT2D eigenvalue weighted by Gasteiger charge is -2.18. The van der Waals surface area contributed by atoms with Gasteiger partial charge < -0.3 is 5.32 Å². The predicted molar refractivity (Wildman–Crippen MR) is 85.3 cm³/mol. The lowest BCUT2D eigenvalue weighted by Crippen LogP contribution is -2.13. The fourth-order valence-electron chi connectivity index (χ4n) is 2.63. The van der Waals surface area contributed by atoms with Crippen molar-refractivity contribution in [2.24, 2.45) is 0 Å². The number of fused-ring (bicyclic) bond motifs is 1. The van der Waals surface area contributed by atoms with Crippen LogP contribution in [0.25, 0.3) is 0 Å². The van der Waals surface area contributed by atoms with E-state index in [-0.39, 0.29) is 5.75 Å². The summed E-state index contributed by atoms with van der Waals surface area (Å²) in [5.74, 6) is 0.0551. The molecule has 0 unspecified atom stereocenters. The van der Waals surface area contributed by atoms with E-state index in [2.05, 4.69) is 5.32 Å². The second-order valence-corrected chi connectivity index (χ2v) is 7.58. The summed E-state index contributed by atoms with van der Waals surface area (Å²) in [6, 6.07) is 13.1. The summed E-state index contributed by atoms with van der Waals surface area (Å²) < 4.78 is 25.1. The molecule has 0 amide bonds. The zero-order valence-corrected chi connectivity index (χ0v) is 12.9. The Balaban J connectivity index is 1.89. The van der Waals surface area contributed by atoms with Crippen molar-refractivity contribution >= 4 is 15.5 Å². The third kappa shape index (κ3) is 3.10. The first kappa shape index (κ1) is 14.1. The minimum atomic E-state index is -3.29. The Bertz CT molecular complexity index is 749. The molecule has 0 atom stereocenters. The number of nitrogens with one attached hydrogen (secondary N) is 1. The maximum absolute atomic E-state index is 12.6. The molecule has 21 heavy (non-hydrogen) atoms. The summed E-state index contributed by atoms with van der Waals surface area (Å²) in [6.45, 7) is 2.96. The minimum Gasteiger partial charge on any atom is -0.385 e. The molecule has 2 aromatic carbocycles. The first-order chi connectivity index (χ1) is 10.0. The van der Waals surface area contributed by atoms with Crippen molar-refractivity contribution in [2.75, 3.05) is 11.9 Å². The molecule has 0 fully saturated rings. The molecule has 0 bridgehead atoms. The van der Waals surface area contributed by atoms with Crippen LogP contribution in [0.2, 0.25) is 0 Å². The first-order valence-electron chi connectivity index (χ1n) is 7.20. The van der Waals surface area contributed by atoms with Gasteiger partial charge in [-0.15, -0.1) is 0 Å². The standard InChI is InChI=1S/C17H19NO2S/c1-13-4-6-14(7-5-13)12-21(19,20)16-8-9-17-15(11-16)3-2-10-18-17/h4-9,11,18H,2-3,10,12H2,1H3. The Hall–Kier alpha value is -1.81. The number of rotatable bonds is 3. The highest BCUT2D eigenvalue weighted by atomic mass is 32.2. The van der Waals surface area contributed by atoms with Gasteiger partial charge in [-0.25, -0.2) is 8.42 Å². The molecule has 3 rings (SSSR count). The number of hydrogen-bond donors (Lipinski definition) is 1. The smallest absolute Gasteiger partial charge is 0.182 e. The molecule has 0 aromatic heterocycles. The second-order valence-electron chi connectivity index (χ2n) is 5.59. The van der Waals surface area contributed by atoms with Gasteiger partial charge in [0.25, 0.3) is 0 Å². The van der Waals surface area contributed by atoms with E-state index in [1.54, 1.807) is 6.07 Å². The van der Waals surface area contributed by atoms with Crippen molar-refractivity contribution in [3.8, 4) is 0 Å². The number of sulfone groups is 1. The van der Waals surface area contributed by atoms with Crippen molar-refractivity contribution < 1.29 is 8.42 Å². The molecule has 1 aliphatic rings. The summed E-state index contributed by atoms with van der Waals surface area (Å²) in [6.07, 6.45) is 1.99. The molecule has 1 aliphatic heterocycles.